The molecule has 3 rings (SSSR count). The van der Waals surface area contributed by atoms with Crippen molar-refractivity contribution in [1.29, 1.82) is 0 Å². The highest BCUT2D eigenvalue weighted by Gasteiger charge is 2.34. The fraction of sp³-hybridized carbons (Fsp3) is 0.333. The average Bonchev–Trinajstić information content (AvgIpc) is 2.86. The molecular weight excluding hydrogens is 252 g/mol. The average molecular weight is 264 g/mol. The zero-order valence-electron chi connectivity index (χ0n) is 9.34. The van der Waals surface area contributed by atoms with E-state index in [2.05, 4.69) is 17.2 Å². The summed E-state index contributed by atoms with van der Waals surface area (Å²) in [5.41, 5.74) is 0. The molecule has 2 atom stereocenters. The maximum Gasteiger partial charge on any atom is 0.263 e. The molecule has 0 aliphatic heterocycles. The Bertz CT molecular complexity index is 532. The van der Waals surface area contributed by atoms with Gasteiger partial charge in [-0.15, -0.1) is 22.7 Å². The van der Waals surface area contributed by atoms with Gasteiger partial charge in [0.05, 0.1) is 11.1 Å². The molecule has 0 radical (unpaired) electrons. The van der Waals surface area contributed by atoms with Gasteiger partial charge in [-0.2, -0.15) is 0 Å². The molecule has 0 bridgehead atoms. The van der Waals surface area contributed by atoms with Gasteiger partial charge in [0.25, 0.3) is 5.91 Å². The first-order valence-corrected chi connectivity index (χ1v) is 7.24. The number of nitrogens with zero attached hydrogens (tertiary/aromatic N) is 1. The van der Waals surface area contributed by atoms with Crippen molar-refractivity contribution in [2.45, 2.75) is 19.4 Å². The molecule has 0 saturated heterocycles. The van der Waals surface area contributed by atoms with Gasteiger partial charge in [0.2, 0.25) is 0 Å². The number of nitrogens with one attached hydrogen (secondary N) is 1. The van der Waals surface area contributed by atoms with Crippen LogP contribution in [0.3, 0.4) is 0 Å². The first kappa shape index (κ1) is 10.9. The minimum atomic E-state index is 0.0136. The zero-order chi connectivity index (χ0) is 11.8. The number of thiophene rings is 1. The third kappa shape index (κ3) is 2.25. The Balaban J connectivity index is 1.74. The van der Waals surface area contributed by atoms with E-state index in [4.69, 9.17) is 0 Å². The van der Waals surface area contributed by atoms with Crippen molar-refractivity contribution in [3.05, 3.63) is 28.6 Å². The molecule has 88 valence electrons. The minimum Gasteiger partial charge on any atom is -0.348 e. The van der Waals surface area contributed by atoms with Crippen molar-refractivity contribution < 1.29 is 4.79 Å². The smallest absolute Gasteiger partial charge is 0.263 e. The largest absolute Gasteiger partial charge is 0.348 e. The van der Waals surface area contributed by atoms with Crippen LogP contribution in [0.25, 0.3) is 9.88 Å². The van der Waals surface area contributed by atoms with Crippen molar-refractivity contribution >= 4 is 28.6 Å². The molecule has 2 aromatic rings. The lowest BCUT2D eigenvalue weighted by atomic mass is 10.4. The van der Waals surface area contributed by atoms with Crippen LogP contribution in [0, 0.1) is 5.92 Å². The highest BCUT2D eigenvalue weighted by molar-refractivity contribution is 7.21. The fourth-order valence-corrected chi connectivity index (χ4v) is 3.28. The zero-order valence-corrected chi connectivity index (χ0v) is 11.0. The van der Waals surface area contributed by atoms with Crippen molar-refractivity contribution in [2.24, 2.45) is 5.92 Å². The van der Waals surface area contributed by atoms with Crippen LogP contribution in [0.15, 0.2) is 23.7 Å². The summed E-state index contributed by atoms with van der Waals surface area (Å²) in [7, 11) is 0. The van der Waals surface area contributed by atoms with Gasteiger partial charge in [0, 0.05) is 6.04 Å². The van der Waals surface area contributed by atoms with E-state index in [0.717, 1.165) is 16.3 Å². The van der Waals surface area contributed by atoms with E-state index in [-0.39, 0.29) is 5.91 Å². The molecule has 0 unspecified atom stereocenters. The molecule has 1 aliphatic carbocycles. The monoisotopic (exact) mass is 264 g/mol. The number of amides is 1. The quantitative estimate of drug-likeness (QED) is 0.926. The molecule has 3 nitrogen and oxygen atoms in total. The molecule has 0 spiro atoms. The Morgan fingerprint density at radius 1 is 1.59 bits per heavy atom. The van der Waals surface area contributed by atoms with Crippen molar-refractivity contribution in [2.75, 3.05) is 0 Å². The van der Waals surface area contributed by atoms with E-state index < -0.39 is 0 Å². The Morgan fingerprint density at radius 3 is 3.06 bits per heavy atom. The fourth-order valence-electron chi connectivity index (χ4n) is 1.66. The van der Waals surface area contributed by atoms with Crippen LogP contribution in [0.1, 0.15) is 23.0 Å². The number of hydrogen-bond donors (Lipinski definition) is 1. The summed E-state index contributed by atoms with van der Waals surface area (Å²) < 4.78 is 0. The van der Waals surface area contributed by atoms with Gasteiger partial charge in [-0.25, -0.2) is 4.98 Å². The Kier molecular flexibility index (Phi) is 2.72. The molecule has 0 aromatic carbocycles. The second-order valence-corrected chi connectivity index (χ2v) is 6.28. The summed E-state index contributed by atoms with van der Waals surface area (Å²) in [4.78, 5) is 18.0. The van der Waals surface area contributed by atoms with E-state index in [0.29, 0.717) is 16.8 Å². The number of carbonyl (C=O) groups excluding carboxylic acids is 1. The first-order valence-electron chi connectivity index (χ1n) is 5.54. The standard InChI is InChI=1S/C12H12N2OS2/c1-7-5-8(7)14-11(15)10-6-13-12(17-10)9-3-2-4-16-9/h2-4,6-8H,5H2,1H3,(H,14,15)/t7-,8-/m0/s1. The molecule has 2 aromatic heterocycles. The van der Waals surface area contributed by atoms with Crippen LogP contribution >= 0.6 is 22.7 Å². The maximum atomic E-state index is 11.9. The number of aromatic nitrogens is 1. The van der Waals surface area contributed by atoms with Gasteiger partial charge in [0.15, 0.2) is 0 Å². The Hall–Kier alpha value is -1.20. The van der Waals surface area contributed by atoms with Crippen LogP contribution in [-0.4, -0.2) is 16.9 Å². The molecule has 5 heteroatoms. The summed E-state index contributed by atoms with van der Waals surface area (Å²) in [5.74, 6) is 0.642. The van der Waals surface area contributed by atoms with Gasteiger partial charge < -0.3 is 5.32 Å². The van der Waals surface area contributed by atoms with E-state index in [1.54, 1.807) is 17.5 Å². The van der Waals surface area contributed by atoms with Gasteiger partial charge in [-0.05, 0) is 23.8 Å². The third-order valence-electron chi connectivity index (χ3n) is 2.89. The van der Waals surface area contributed by atoms with Gasteiger partial charge in [-0.3, -0.25) is 4.79 Å². The number of rotatable bonds is 3. The van der Waals surface area contributed by atoms with Crippen LogP contribution in [0.2, 0.25) is 0 Å². The van der Waals surface area contributed by atoms with Gasteiger partial charge in [0.1, 0.15) is 9.88 Å². The molecule has 1 saturated carbocycles. The topological polar surface area (TPSA) is 42.0 Å². The third-order valence-corrected chi connectivity index (χ3v) is 4.92. The molecular formula is C12H12N2OS2. The predicted octanol–water partition coefficient (Wildman–Crippen LogP) is 3.01. The first-order chi connectivity index (χ1) is 8.24. The van der Waals surface area contributed by atoms with Crippen LogP contribution < -0.4 is 5.32 Å². The lowest BCUT2D eigenvalue weighted by Gasteiger charge is -1.99. The van der Waals surface area contributed by atoms with Crippen LogP contribution in [-0.2, 0) is 0 Å². The molecule has 2 heterocycles. The summed E-state index contributed by atoms with van der Waals surface area (Å²) >= 11 is 3.10. The van der Waals surface area contributed by atoms with Gasteiger partial charge >= 0.3 is 0 Å². The molecule has 17 heavy (non-hydrogen) atoms. The molecule has 1 N–H and O–H groups in total. The molecule has 1 amide bonds. The summed E-state index contributed by atoms with van der Waals surface area (Å²) in [6.45, 7) is 2.15. The summed E-state index contributed by atoms with van der Waals surface area (Å²) in [6, 6.07) is 4.39. The van der Waals surface area contributed by atoms with Crippen molar-refractivity contribution in [3.63, 3.8) is 0 Å². The second-order valence-electron chi connectivity index (χ2n) is 4.30. The van der Waals surface area contributed by atoms with Crippen LogP contribution in [0.4, 0.5) is 0 Å². The summed E-state index contributed by atoms with van der Waals surface area (Å²) in [6.07, 6.45) is 2.77. The van der Waals surface area contributed by atoms with Gasteiger partial charge in [-0.1, -0.05) is 13.0 Å². The number of carbonyl (C=O) groups is 1. The lowest BCUT2D eigenvalue weighted by Crippen LogP contribution is -2.25. The highest BCUT2D eigenvalue weighted by atomic mass is 32.1. The second kappa shape index (κ2) is 4.23. The van der Waals surface area contributed by atoms with E-state index in [1.807, 2.05) is 17.5 Å². The minimum absolute atomic E-state index is 0.0136. The SMILES string of the molecule is C[C@H]1C[C@@H]1NC(=O)c1cnc(-c2cccs2)s1. The van der Waals surface area contributed by atoms with E-state index >= 15 is 0 Å². The van der Waals surface area contributed by atoms with Crippen LogP contribution in [0.5, 0.6) is 0 Å². The maximum absolute atomic E-state index is 11.9. The number of hydrogen-bond acceptors (Lipinski definition) is 4. The number of thiazole rings is 1. The lowest BCUT2D eigenvalue weighted by molar-refractivity contribution is 0.0953. The summed E-state index contributed by atoms with van der Waals surface area (Å²) in [5, 5.41) is 5.95. The van der Waals surface area contributed by atoms with Crippen molar-refractivity contribution in [3.8, 4) is 9.88 Å². The molecule has 1 fully saturated rings. The predicted molar refractivity (Wildman–Crippen MR) is 70.5 cm³/mol. The normalized spacial score (nSPS) is 22.4. The Labute approximate surface area is 108 Å². The van der Waals surface area contributed by atoms with E-state index in [9.17, 15) is 4.79 Å². The molecule has 1 aliphatic rings. The highest BCUT2D eigenvalue weighted by Crippen LogP contribution is 2.31. The van der Waals surface area contributed by atoms with Crippen molar-refractivity contribution in [1.82, 2.24) is 10.3 Å². The van der Waals surface area contributed by atoms with E-state index in [1.165, 1.54) is 11.3 Å². The Morgan fingerprint density at radius 2 is 2.41 bits per heavy atom.